The van der Waals surface area contributed by atoms with Crippen LogP contribution < -0.4 is 15.0 Å². The summed E-state index contributed by atoms with van der Waals surface area (Å²) in [6, 6.07) is 3.08. The molecular formula is C16H16Cl4F3NO3. The molecule has 1 N–H and O–H groups in total. The predicted octanol–water partition coefficient (Wildman–Crippen LogP) is 6.45. The molecule has 1 rings (SSSR count). The molecule has 4 nitrogen and oxygen atoms in total. The minimum absolute atomic E-state index is 0.0864. The first-order valence-corrected chi connectivity index (χ1v) is 9.05. The van der Waals surface area contributed by atoms with Gasteiger partial charge in [-0.05, 0) is 18.9 Å². The Balaban J connectivity index is 2.33. The van der Waals surface area contributed by atoms with E-state index in [9.17, 15) is 13.2 Å². The second kappa shape index (κ2) is 12.5. The van der Waals surface area contributed by atoms with E-state index in [1.165, 1.54) is 12.3 Å². The molecule has 0 saturated carbocycles. The van der Waals surface area contributed by atoms with E-state index in [-0.39, 0.29) is 21.1 Å². The smallest absolute Gasteiger partial charge is 0.414 e. The molecule has 0 saturated heterocycles. The Bertz CT molecular complexity index is 627. The van der Waals surface area contributed by atoms with Gasteiger partial charge < -0.3 is 9.47 Å². The molecule has 0 aliphatic carbocycles. The van der Waals surface area contributed by atoms with Gasteiger partial charge in [0.25, 0.3) is 0 Å². The normalized spacial score (nSPS) is 11.5. The summed E-state index contributed by atoms with van der Waals surface area (Å²) in [4.78, 5) is 4.20. The van der Waals surface area contributed by atoms with Crippen molar-refractivity contribution in [3.8, 4) is 11.5 Å². The van der Waals surface area contributed by atoms with Crippen molar-refractivity contribution < 1.29 is 27.5 Å². The van der Waals surface area contributed by atoms with Crippen LogP contribution in [0.4, 0.5) is 13.2 Å². The first-order chi connectivity index (χ1) is 12.7. The zero-order valence-electron chi connectivity index (χ0n) is 13.8. The largest absolute Gasteiger partial charge is 0.490 e. The van der Waals surface area contributed by atoms with E-state index in [2.05, 4.69) is 10.3 Å². The van der Waals surface area contributed by atoms with Crippen molar-refractivity contribution in [1.82, 2.24) is 5.48 Å². The van der Waals surface area contributed by atoms with Crippen molar-refractivity contribution in [2.75, 3.05) is 19.8 Å². The lowest BCUT2D eigenvalue weighted by Crippen LogP contribution is -2.21. The fourth-order valence-electron chi connectivity index (χ4n) is 1.64. The number of hydroxylamine groups is 1. The molecule has 0 atom stereocenters. The Morgan fingerprint density at radius 3 is 2.37 bits per heavy atom. The highest BCUT2D eigenvalue weighted by Crippen LogP contribution is 2.37. The van der Waals surface area contributed by atoms with Crippen LogP contribution in [-0.2, 0) is 4.84 Å². The van der Waals surface area contributed by atoms with Gasteiger partial charge in [0.15, 0.2) is 12.4 Å². The Labute approximate surface area is 174 Å². The monoisotopic (exact) mass is 467 g/mol. The Morgan fingerprint density at radius 1 is 1.11 bits per heavy atom. The third-order valence-electron chi connectivity index (χ3n) is 2.73. The lowest BCUT2D eigenvalue weighted by molar-refractivity contribution is -0.184. The van der Waals surface area contributed by atoms with Crippen LogP contribution in [0.15, 0.2) is 35.0 Å². The Hall–Kier alpha value is -0.990. The lowest BCUT2D eigenvalue weighted by Gasteiger charge is -2.12. The van der Waals surface area contributed by atoms with Gasteiger partial charge in [0.1, 0.15) is 16.8 Å². The quantitative estimate of drug-likeness (QED) is 0.299. The van der Waals surface area contributed by atoms with Crippen molar-refractivity contribution in [2.45, 2.75) is 19.0 Å². The van der Waals surface area contributed by atoms with Crippen LogP contribution in [0.3, 0.4) is 0 Å². The fourth-order valence-corrected chi connectivity index (χ4v) is 2.34. The molecule has 0 amide bonds. The predicted molar refractivity (Wildman–Crippen MR) is 101 cm³/mol. The van der Waals surface area contributed by atoms with Gasteiger partial charge in [0.2, 0.25) is 0 Å². The number of hydrogen-bond acceptors (Lipinski definition) is 4. The van der Waals surface area contributed by atoms with E-state index in [0.29, 0.717) is 30.9 Å². The third-order valence-corrected chi connectivity index (χ3v) is 3.60. The van der Waals surface area contributed by atoms with Crippen LogP contribution in [0, 0.1) is 0 Å². The number of hydrogen-bond donors (Lipinski definition) is 1. The van der Waals surface area contributed by atoms with Crippen LogP contribution in [-0.4, -0.2) is 26.0 Å². The van der Waals surface area contributed by atoms with Gasteiger partial charge in [-0.2, -0.15) is 13.2 Å². The highest BCUT2D eigenvalue weighted by Gasteiger charge is 2.27. The number of allylic oxidation sites excluding steroid dienone is 1. The molecule has 27 heavy (non-hydrogen) atoms. The molecule has 1 aromatic rings. The number of rotatable bonds is 11. The van der Waals surface area contributed by atoms with Crippen molar-refractivity contribution in [1.29, 1.82) is 0 Å². The summed E-state index contributed by atoms with van der Waals surface area (Å²) >= 11 is 23.2. The first-order valence-electron chi connectivity index (χ1n) is 7.54. The summed E-state index contributed by atoms with van der Waals surface area (Å²) in [7, 11) is 0. The number of unbranched alkanes of at least 4 members (excludes halogenated alkanes) is 1. The van der Waals surface area contributed by atoms with Crippen LogP contribution in [0.5, 0.6) is 11.5 Å². The highest BCUT2D eigenvalue weighted by atomic mass is 35.5. The highest BCUT2D eigenvalue weighted by molar-refractivity contribution is 6.55. The number of benzene rings is 1. The SMILES string of the molecule is FC(F)(F)CONC=CCCCOc1c(Cl)cc(OCC=C(Cl)Cl)cc1Cl. The maximum Gasteiger partial charge on any atom is 0.414 e. The van der Waals surface area contributed by atoms with Gasteiger partial charge in [-0.3, -0.25) is 10.3 Å². The first kappa shape index (κ1) is 24.0. The van der Waals surface area contributed by atoms with E-state index in [1.807, 2.05) is 0 Å². The zero-order valence-corrected chi connectivity index (χ0v) is 16.8. The second-order valence-electron chi connectivity index (χ2n) is 4.94. The average molecular weight is 469 g/mol. The average Bonchev–Trinajstić information content (AvgIpc) is 2.54. The standard InChI is InChI=1S/C16H16Cl4F3NO3/c17-12-8-11(25-7-4-14(19)20)9-13(18)15(12)26-6-3-1-2-5-24-27-10-16(21,22)23/h2,4-5,8-9,24H,1,3,6-7,10H2. The Morgan fingerprint density at radius 2 is 1.78 bits per heavy atom. The van der Waals surface area contributed by atoms with Crippen LogP contribution in [0.1, 0.15) is 12.8 Å². The van der Waals surface area contributed by atoms with E-state index in [4.69, 9.17) is 55.9 Å². The summed E-state index contributed by atoms with van der Waals surface area (Å²) < 4.78 is 46.5. The minimum atomic E-state index is -4.37. The molecule has 0 spiro atoms. The van der Waals surface area contributed by atoms with Crippen molar-refractivity contribution in [3.63, 3.8) is 0 Å². The molecule has 0 unspecified atom stereocenters. The molecule has 0 aliphatic rings. The fraction of sp³-hybridized carbons (Fsp3) is 0.375. The number of halogens is 7. The molecule has 0 radical (unpaired) electrons. The second-order valence-corrected chi connectivity index (χ2v) is 6.76. The molecule has 1 aromatic carbocycles. The molecule has 0 heterocycles. The topological polar surface area (TPSA) is 39.7 Å². The molecule has 152 valence electrons. The van der Waals surface area contributed by atoms with E-state index >= 15 is 0 Å². The maximum atomic E-state index is 11.8. The maximum absolute atomic E-state index is 11.8. The van der Waals surface area contributed by atoms with E-state index in [0.717, 1.165) is 0 Å². The minimum Gasteiger partial charge on any atom is -0.490 e. The van der Waals surface area contributed by atoms with Gasteiger partial charge in [0.05, 0.1) is 16.7 Å². The summed E-state index contributed by atoms with van der Waals surface area (Å²) in [5, 5.41) is 0.549. The third kappa shape index (κ3) is 11.4. The summed E-state index contributed by atoms with van der Waals surface area (Å²) in [5.74, 6) is 0.739. The van der Waals surface area contributed by atoms with Gasteiger partial charge in [-0.1, -0.05) is 52.5 Å². The Kier molecular flexibility index (Phi) is 11.1. The van der Waals surface area contributed by atoms with Gasteiger partial charge in [0, 0.05) is 18.3 Å². The van der Waals surface area contributed by atoms with Gasteiger partial charge in [-0.25, -0.2) is 0 Å². The molecule has 0 aliphatic heterocycles. The van der Waals surface area contributed by atoms with Crippen LogP contribution in [0.25, 0.3) is 0 Å². The molecular weight excluding hydrogens is 453 g/mol. The van der Waals surface area contributed by atoms with Crippen LogP contribution >= 0.6 is 46.4 Å². The van der Waals surface area contributed by atoms with Gasteiger partial charge >= 0.3 is 6.18 Å². The van der Waals surface area contributed by atoms with E-state index < -0.39 is 12.8 Å². The number of nitrogens with one attached hydrogen (secondary N) is 1. The van der Waals surface area contributed by atoms with Crippen LogP contribution in [0.2, 0.25) is 10.0 Å². The molecule has 0 fully saturated rings. The summed E-state index contributed by atoms with van der Waals surface area (Å²) in [6.45, 7) is -0.910. The summed E-state index contributed by atoms with van der Waals surface area (Å²) in [6.07, 6.45) is 1.11. The molecule has 0 aromatic heterocycles. The van der Waals surface area contributed by atoms with Crippen molar-refractivity contribution in [2.24, 2.45) is 0 Å². The van der Waals surface area contributed by atoms with Crippen molar-refractivity contribution >= 4 is 46.4 Å². The number of ether oxygens (including phenoxy) is 2. The summed E-state index contributed by atoms with van der Waals surface area (Å²) in [5.41, 5.74) is 2.08. The van der Waals surface area contributed by atoms with Crippen molar-refractivity contribution in [3.05, 3.63) is 45.0 Å². The van der Waals surface area contributed by atoms with Gasteiger partial charge in [-0.15, -0.1) is 0 Å². The van der Waals surface area contributed by atoms with E-state index in [1.54, 1.807) is 18.2 Å². The molecule has 11 heteroatoms. The molecule has 0 bridgehead atoms. The number of alkyl halides is 3. The zero-order chi connectivity index (χ0) is 20.3. The lowest BCUT2D eigenvalue weighted by atomic mass is 10.3.